The van der Waals surface area contributed by atoms with Crippen LogP contribution in [0.25, 0.3) is 21.7 Å². The fourth-order valence-electron chi connectivity index (χ4n) is 3.23. The summed E-state index contributed by atoms with van der Waals surface area (Å²) in [6, 6.07) is 12.8. The summed E-state index contributed by atoms with van der Waals surface area (Å²) in [5.41, 5.74) is 1.69. The molecule has 0 aliphatic carbocycles. The lowest BCUT2D eigenvalue weighted by Crippen LogP contribution is -2.20. The minimum absolute atomic E-state index is 0.0606. The van der Waals surface area contributed by atoms with E-state index < -0.39 is 0 Å². The molecule has 0 bridgehead atoms. The van der Waals surface area contributed by atoms with Crippen LogP contribution in [-0.4, -0.2) is 23.8 Å². The van der Waals surface area contributed by atoms with Crippen LogP contribution in [0.15, 0.2) is 59.7 Å². The molecule has 0 atom stereocenters. The van der Waals surface area contributed by atoms with E-state index >= 15 is 0 Å². The molecular formula is C21H17ClN2O3. The zero-order valence-corrected chi connectivity index (χ0v) is 15.7. The molecule has 4 rings (SSSR count). The highest BCUT2D eigenvalue weighted by molar-refractivity contribution is 6.31. The van der Waals surface area contributed by atoms with E-state index in [2.05, 4.69) is 4.98 Å². The van der Waals surface area contributed by atoms with Crippen molar-refractivity contribution in [1.29, 1.82) is 0 Å². The van der Waals surface area contributed by atoms with Crippen molar-refractivity contribution in [3.05, 3.63) is 75.8 Å². The van der Waals surface area contributed by atoms with Crippen molar-refractivity contribution < 1.29 is 9.47 Å². The van der Waals surface area contributed by atoms with Crippen LogP contribution >= 0.6 is 11.6 Å². The summed E-state index contributed by atoms with van der Waals surface area (Å²) in [6.07, 6.45) is 3.52. The maximum atomic E-state index is 12.9. The number of pyridine rings is 2. The summed E-state index contributed by atoms with van der Waals surface area (Å²) in [5, 5.41) is 2.99. The van der Waals surface area contributed by atoms with Gasteiger partial charge in [0.1, 0.15) is 0 Å². The molecule has 4 aromatic rings. The van der Waals surface area contributed by atoms with Crippen LogP contribution in [0.3, 0.4) is 0 Å². The molecule has 136 valence electrons. The SMILES string of the molecule is COc1cc2nccc(Cn3ccc4cc(Cl)ccc4c3=O)c2cc1OC. The predicted molar refractivity (Wildman–Crippen MR) is 107 cm³/mol. The van der Waals surface area contributed by atoms with Crippen molar-refractivity contribution in [1.82, 2.24) is 9.55 Å². The van der Waals surface area contributed by atoms with Gasteiger partial charge in [-0.25, -0.2) is 0 Å². The number of benzene rings is 2. The van der Waals surface area contributed by atoms with E-state index in [1.165, 1.54) is 0 Å². The molecule has 0 aliphatic heterocycles. The Labute approximate surface area is 160 Å². The number of methoxy groups -OCH3 is 2. The molecule has 0 aliphatic rings. The Morgan fingerprint density at radius 1 is 1.00 bits per heavy atom. The normalized spacial score (nSPS) is 11.1. The zero-order chi connectivity index (χ0) is 19.0. The first-order valence-electron chi connectivity index (χ1n) is 8.39. The summed E-state index contributed by atoms with van der Waals surface area (Å²) < 4.78 is 12.4. The molecule has 2 heterocycles. The number of aromatic nitrogens is 2. The summed E-state index contributed by atoms with van der Waals surface area (Å²) in [6.45, 7) is 0.423. The molecule has 0 radical (unpaired) electrons. The van der Waals surface area contributed by atoms with Gasteiger partial charge < -0.3 is 14.0 Å². The van der Waals surface area contributed by atoms with Crippen LogP contribution in [0.2, 0.25) is 5.02 Å². The number of fused-ring (bicyclic) bond motifs is 2. The Bertz CT molecular complexity index is 1220. The first-order chi connectivity index (χ1) is 13.1. The van der Waals surface area contributed by atoms with E-state index in [-0.39, 0.29) is 5.56 Å². The third kappa shape index (κ3) is 3.11. The van der Waals surface area contributed by atoms with Gasteiger partial charge in [0.05, 0.1) is 26.3 Å². The van der Waals surface area contributed by atoms with Crippen molar-refractivity contribution in [3.63, 3.8) is 0 Å². The second-order valence-electron chi connectivity index (χ2n) is 6.17. The minimum atomic E-state index is -0.0606. The van der Waals surface area contributed by atoms with Crippen LogP contribution in [0.1, 0.15) is 5.56 Å². The average Bonchev–Trinajstić information content (AvgIpc) is 2.69. The molecule has 2 aromatic heterocycles. The molecule has 0 amide bonds. The fraction of sp³-hybridized carbons (Fsp3) is 0.143. The van der Waals surface area contributed by atoms with Gasteiger partial charge in [-0.15, -0.1) is 0 Å². The Morgan fingerprint density at radius 2 is 1.78 bits per heavy atom. The van der Waals surface area contributed by atoms with E-state index in [1.807, 2.05) is 24.3 Å². The minimum Gasteiger partial charge on any atom is -0.493 e. The molecular weight excluding hydrogens is 364 g/mol. The number of hydrogen-bond acceptors (Lipinski definition) is 4. The second kappa shape index (κ2) is 6.93. The van der Waals surface area contributed by atoms with Gasteiger partial charge in [-0.1, -0.05) is 11.6 Å². The molecule has 2 aromatic carbocycles. The standard InChI is InChI=1S/C21H17ClN2O3/c1-26-19-10-17-14(5-7-23-18(17)11-20(19)27-2)12-24-8-6-13-9-15(22)3-4-16(13)21(24)25/h3-11H,12H2,1-2H3. The van der Waals surface area contributed by atoms with Crippen LogP contribution in [0.5, 0.6) is 11.5 Å². The highest BCUT2D eigenvalue weighted by Gasteiger charge is 2.11. The first-order valence-corrected chi connectivity index (χ1v) is 8.77. The second-order valence-corrected chi connectivity index (χ2v) is 6.61. The molecule has 0 N–H and O–H groups in total. The van der Waals surface area contributed by atoms with Gasteiger partial charge in [0.2, 0.25) is 0 Å². The van der Waals surface area contributed by atoms with E-state index in [9.17, 15) is 4.79 Å². The summed E-state index contributed by atoms with van der Waals surface area (Å²) >= 11 is 6.02. The Balaban J connectivity index is 1.84. The van der Waals surface area contributed by atoms with Gasteiger partial charge in [0.25, 0.3) is 5.56 Å². The van der Waals surface area contributed by atoms with E-state index in [4.69, 9.17) is 21.1 Å². The van der Waals surface area contributed by atoms with Crippen LogP contribution in [0.4, 0.5) is 0 Å². The summed E-state index contributed by atoms with van der Waals surface area (Å²) in [5.74, 6) is 1.24. The van der Waals surface area contributed by atoms with Crippen LogP contribution in [0, 0.1) is 0 Å². The largest absolute Gasteiger partial charge is 0.493 e. The lowest BCUT2D eigenvalue weighted by molar-refractivity contribution is 0.355. The predicted octanol–water partition coefficient (Wildman–Crippen LogP) is 4.27. The van der Waals surface area contributed by atoms with Crippen molar-refractivity contribution >= 4 is 33.3 Å². The van der Waals surface area contributed by atoms with Crippen LogP contribution in [-0.2, 0) is 6.54 Å². The van der Waals surface area contributed by atoms with Crippen molar-refractivity contribution in [2.75, 3.05) is 14.2 Å². The molecule has 6 heteroatoms. The van der Waals surface area contributed by atoms with Gasteiger partial charge in [0.15, 0.2) is 11.5 Å². The number of hydrogen-bond donors (Lipinski definition) is 0. The number of ether oxygens (including phenoxy) is 2. The molecule has 0 saturated heterocycles. The molecule has 27 heavy (non-hydrogen) atoms. The number of rotatable bonds is 4. The third-order valence-electron chi connectivity index (χ3n) is 4.62. The van der Waals surface area contributed by atoms with E-state index in [1.54, 1.807) is 49.4 Å². The number of halogens is 1. The highest BCUT2D eigenvalue weighted by atomic mass is 35.5. The lowest BCUT2D eigenvalue weighted by atomic mass is 10.1. The summed E-state index contributed by atoms with van der Waals surface area (Å²) in [4.78, 5) is 17.3. The first kappa shape index (κ1) is 17.4. The molecule has 0 unspecified atom stereocenters. The molecule has 0 fully saturated rings. The monoisotopic (exact) mass is 380 g/mol. The van der Waals surface area contributed by atoms with Crippen molar-refractivity contribution in [2.24, 2.45) is 0 Å². The van der Waals surface area contributed by atoms with Crippen molar-refractivity contribution in [2.45, 2.75) is 6.54 Å². The van der Waals surface area contributed by atoms with Gasteiger partial charge >= 0.3 is 0 Å². The third-order valence-corrected chi connectivity index (χ3v) is 4.85. The number of nitrogens with zero attached hydrogens (tertiary/aromatic N) is 2. The maximum Gasteiger partial charge on any atom is 0.258 e. The Morgan fingerprint density at radius 3 is 2.56 bits per heavy atom. The Hall–Kier alpha value is -3.05. The molecule has 5 nitrogen and oxygen atoms in total. The zero-order valence-electron chi connectivity index (χ0n) is 14.9. The average molecular weight is 381 g/mol. The topological polar surface area (TPSA) is 53.4 Å². The highest BCUT2D eigenvalue weighted by Crippen LogP contribution is 2.32. The van der Waals surface area contributed by atoms with Crippen molar-refractivity contribution in [3.8, 4) is 11.5 Å². The van der Waals surface area contributed by atoms with Crippen LogP contribution < -0.4 is 15.0 Å². The summed E-state index contributed by atoms with van der Waals surface area (Å²) in [7, 11) is 3.19. The smallest absolute Gasteiger partial charge is 0.258 e. The van der Waals surface area contributed by atoms with Gasteiger partial charge in [0, 0.05) is 34.3 Å². The molecule has 0 spiro atoms. The fourth-order valence-corrected chi connectivity index (χ4v) is 3.41. The van der Waals surface area contributed by atoms with E-state index in [0.717, 1.165) is 21.9 Å². The Kier molecular flexibility index (Phi) is 4.46. The lowest BCUT2D eigenvalue weighted by Gasteiger charge is -2.13. The van der Waals surface area contributed by atoms with Gasteiger partial charge in [-0.3, -0.25) is 9.78 Å². The quantitative estimate of drug-likeness (QED) is 0.530. The van der Waals surface area contributed by atoms with Gasteiger partial charge in [-0.2, -0.15) is 0 Å². The maximum absolute atomic E-state index is 12.9. The van der Waals surface area contributed by atoms with E-state index in [0.29, 0.717) is 28.5 Å². The van der Waals surface area contributed by atoms with Gasteiger partial charge in [-0.05, 0) is 47.3 Å². The molecule has 0 saturated carbocycles.